The highest BCUT2D eigenvalue weighted by Crippen LogP contribution is 2.21. The molecule has 0 aliphatic heterocycles. The summed E-state index contributed by atoms with van der Waals surface area (Å²) in [6, 6.07) is 9.14. The van der Waals surface area contributed by atoms with E-state index in [1.165, 1.54) is 15.5 Å². The van der Waals surface area contributed by atoms with Gasteiger partial charge in [-0.3, -0.25) is 0 Å². The monoisotopic (exact) mass is 278 g/mol. The van der Waals surface area contributed by atoms with E-state index in [4.69, 9.17) is 0 Å². The number of rotatable bonds is 6. The SMILES string of the molecule is CNC(CSc1cccc(C)c1)Cc1nccs1. The van der Waals surface area contributed by atoms with Crippen LogP contribution >= 0.6 is 23.1 Å². The normalized spacial score (nSPS) is 12.6. The summed E-state index contributed by atoms with van der Waals surface area (Å²) in [4.78, 5) is 5.68. The van der Waals surface area contributed by atoms with E-state index in [1.807, 2.05) is 30.4 Å². The van der Waals surface area contributed by atoms with Gasteiger partial charge >= 0.3 is 0 Å². The Bertz CT molecular complexity index is 468. The molecule has 0 saturated carbocycles. The molecule has 1 aromatic heterocycles. The Morgan fingerprint density at radius 2 is 2.33 bits per heavy atom. The fourth-order valence-electron chi connectivity index (χ4n) is 1.71. The van der Waals surface area contributed by atoms with E-state index >= 15 is 0 Å². The largest absolute Gasteiger partial charge is 0.316 e. The number of aryl methyl sites for hydroxylation is 1. The molecule has 0 fully saturated rings. The maximum atomic E-state index is 4.34. The molecule has 1 atom stereocenters. The van der Waals surface area contributed by atoms with Crippen molar-refractivity contribution in [3.63, 3.8) is 0 Å². The average molecular weight is 278 g/mol. The average Bonchev–Trinajstić information content (AvgIpc) is 2.87. The summed E-state index contributed by atoms with van der Waals surface area (Å²) in [6.07, 6.45) is 2.88. The fourth-order valence-corrected chi connectivity index (χ4v) is 3.53. The zero-order chi connectivity index (χ0) is 12.8. The zero-order valence-corrected chi connectivity index (χ0v) is 12.4. The van der Waals surface area contributed by atoms with Gasteiger partial charge in [-0.05, 0) is 26.1 Å². The second-order valence-electron chi connectivity index (χ2n) is 4.24. The summed E-state index contributed by atoms with van der Waals surface area (Å²) >= 11 is 3.63. The van der Waals surface area contributed by atoms with Crippen molar-refractivity contribution in [3.8, 4) is 0 Å². The van der Waals surface area contributed by atoms with Crippen LogP contribution in [0.4, 0.5) is 0 Å². The third-order valence-corrected chi connectivity index (χ3v) is 4.71. The van der Waals surface area contributed by atoms with Gasteiger partial charge in [0.05, 0.1) is 5.01 Å². The van der Waals surface area contributed by atoms with Gasteiger partial charge in [-0.1, -0.05) is 17.7 Å². The van der Waals surface area contributed by atoms with Crippen molar-refractivity contribution >= 4 is 23.1 Å². The first-order chi connectivity index (χ1) is 8.78. The number of nitrogens with one attached hydrogen (secondary N) is 1. The lowest BCUT2D eigenvalue weighted by atomic mass is 10.2. The van der Waals surface area contributed by atoms with Crippen LogP contribution < -0.4 is 5.32 Å². The topological polar surface area (TPSA) is 24.9 Å². The van der Waals surface area contributed by atoms with Crippen LogP contribution in [0, 0.1) is 6.92 Å². The lowest BCUT2D eigenvalue weighted by Gasteiger charge is -2.14. The van der Waals surface area contributed by atoms with Crippen molar-refractivity contribution in [2.45, 2.75) is 24.3 Å². The molecule has 18 heavy (non-hydrogen) atoms. The van der Waals surface area contributed by atoms with Crippen LogP contribution in [-0.4, -0.2) is 23.8 Å². The maximum absolute atomic E-state index is 4.34. The number of thiazole rings is 1. The van der Waals surface area contributed by atoms with Gasteiger partial charge in [-0.2, -0.15) is 0 Å². The van der Waals surface area contributed by atoms with Gasteiger partial charge in [0.2, 0.25) is 0 Å². The first-order valence-electron chi connectivity index (χ1n) is 6.03. The third-order valence-electron chi connectivity index (χ3n) is 2.75. The van der Waals surface area contributed by atoms with E-state index in [1.54, 1.807) is 11.3 Å². The van der Waals surface area contributed by atoms with E-state index in [-0.39, 0.29) is 0 Å². The lowest BCUT2D eigenvalue weighted by Crippen LogP contribution is -2.29. The first-order valence-corrected chi connectivity index (χ1v) is 7.89. The Labute approximate surface area is 117 Å². The van der Waals surface area contributed by atoms with Gasteiger partial charge in [0, 0.05) is 34.7 Å². The number of benzene rings is 1. The van der Waals surface area contributed by atoms with Crippen LogP contribution in [0.2, 0.25) is 0 Å². The molecule has 1 aromatic carbocycles. The summed E-state index contributed by atoms with van der Waals surface area (Å²) in [6.45, 7) is 2.13. The highest BCUT2D eigenvalue weighted by Gasteiger charge is 2.09. The number of likely N-dealkylation sites (N-methyl/N-ethyl adjacent to an activating group) is 1. The second-order valence-corrected chi connectivity index (χ2v) is 6.32. The van der Waals surface area contributed by atoms with Crippen LogP contribution in [0.25, 0.3) is 0 Å². The summed E-state index contributed by atoms with van der Waals surface area (Å²) in [5.41, 5.74) is 1.32. The maximum Gasteiger partial charge on any atom is 0.0940 e. The highest BCUT2D eigenvalue weighted by molar-refractivity contribution is 7.99. The molecule has 0 spiro atoms. The Kier molecular flexibility index (Phi) is 5.23. The molecule has 0 aliphatic rings. The van der Waals surface area contributed by atoms with E-state index in [9.17, 15) is 0 Å². The van der Waals surface area contributed by atoms with Crippen LogP contribution in [0.15, 0.2) is 40.7 Å². The summed E-state index contributed by atoms with van der Waals surface area (Å²) in [5, 5.41) is 6.62. The molecule has 1 N–H and O–H groups in total. The molecular weight excluding hydrogens is 260 g/mol. The van der Waals surface area contributed by atoms with E-state index in [0.717, 1.165) is 12.2 Å². The van der Waals surface area contributed by atoms with Crippen LogP contribution in [0.5, 0.6) is 0 Å². The van der Waals surface area contributed by atoms with Crippen LogP contribution in [0.1, 0.15) is 10.6 Å². The van der Waals surface area contributed by atoms with Gasteiger partial charge in [-0.15, -0.1) is 23.1 Å². The zero-order valence-electron chi connectivity index (χ0n) is 10.7. The fraction of sp³-hybridized carbons (Fsp3) is 0.357. The molecule has 1 heterocycles. The molecule has 1 unspecified atom stereocenters. The molecule has 0 aliphatic carbocycles. The predicted octanol–water partition coefficient (Wildman–Crippen LogP) is 3.37. The van der Waals surface area contributed by atoms with Gasteiger partial charge < -0.3 is 5.32 Å². The quantitative estimate of drug-likeness (QED) is 0.820. The summed E-state index contributed by atoms with van der Waals surface area (Å²) in [5.74, 6) is 1.07. The molecule has 2 rings (SSSR count). The second kappa shape index (κ2) is 6.92. The highest BCUT2D eigenvalue weighted by atomic mass is 32.2. The minimum atomic E-state index is 0.474. The Morgan fingerprint density at radius 1 is 1.44 bits per heavy atom. The third kappa shape index (κ3) is 4.12. The van der Waals surface area contributed by atoms with Gasteiger partial charge in [-0.25, -0.2) is 4.98 Å². The predicted molar refractivity (Wildman–Crippen MR) is 80.6 cm³/mol. The molecule has 0 bridgehead atoms. The van der Waals surface area contributed by atoms with E-state index < -0.39 is 0 Å². The molecule has 4 heteroatoms. The summed E-state index contributed by atoms with van der Waals surface area (Å²) < 4.78 is 0. The molecule has 96 valence electrons. The molecule has 2 aromatic rings. The van der Waals surface area contributed by atoms with Crippen LogP contribution in [-0.2, 0) is 6.42 Å². The first kappa shape index (κ1) is 13.6. The van der Waals surface area contributed by atoms with Crippen molar-refractivity contribution in [1.82, 2.24) is 10.3 Å². The Hall–Kier alpha value is -0.840. The molecule has 0 radical (unpaired) electrons. The molecule has 0 amide bonds. The Balaban J connectivity index is 1.87. The smallest absolute Gasteiger partial charge is 0.0940 e. The number of hydrogen-bond donors (Lipinski definition) is 1. The van der Waals surface area contributed by atoms with Crippen molar-refractivity contribution in [2.24, 2.45) is 0 Å². The Morgan fingerprint density at radius 3 is 3.00 bits per heavy atom. The minimum Gasteiger partial charge on any atom is -0.316 e. The summed E-state index contributed by atoms with van der Waals surface area (Å²) in [7, 11) is 2.02. The lowest BCUT2D eigenvalue weighted by molar-refractivity contribution is 0.615. The van der Waals surface area contributed by atoms with Crippen molar-refractivity contribution in [2.75, 3.05) is 12.8 Å². The van der Waals surface area contributed by atoms with Crippen molar-refractivity contribution in [1.29, 1.82) is 0 Å². The van der Waals surface area contributed by atoms with E-state index in [0.29, 0.717) is 6.04 Å². The number of thioether (sulfide) groups is 1. The molecule has 0 saturated heterocycles. The standard InChI is InChI=1S/C14H18N2S2/c1-11-4-3-5-13(8-11)18-10-12(15-2)9-14-16-6-7-17-14/h3-8,12,15H,9-10H2,1-2H3. The van der Waals surface area contributed by atoms with Crippen molar-refractivity contribution in [3.05, 3.63) is 46.4 Å². The van der Waals surface area contributed by atoms with Crippen molar-refractivity contribution < 1.29 is 0 Å². The molecule has 2 nitrogen and oxygen atoms in total. The van der Waals surface area contributed by atoms with Gasteiger partial charge in [0.25, 0.3) is 0 Å². The minimum absolute atomic E-state index is 0.474. The van der Waals surface area contributed by atoms with E-state index in [2.05, 4.69) is 41.5 Å². The molecular formula is C14H18N2S2. The number of nitrogens with zero attached hydrogens (tertiary/aromatic N) is 1. The number of hydrogen-bond acceptors (Lipinski definition) is 4. The van der Waals surface area contributed by atoms with Gasteiger partial charge in [0.15, 0.2) is 0 Å². The van der Waals surface area contributed by atoms with Gasteiger partial charge in [0.1, 0.15) is 0 Å². The van der Waals surface area contributed by atoms with Crippen LogP contribution in [0.3, 0.4) is 0 Å². The number of aromatic nitrogens is 1.